The summed E-state index contributed by atoms with van der Waals surface area (Å²) in [6, 6.07) is 6.71. The molecule has 0 saturated heterocycles. The second-order valence-corrected chi connectivity index (χ2v) is 6.55. The van der Waals surface area contributed by atoms with Crippen molar-refractivity contribution in [1.82, 2.24) is 0 Å². The third kappa shape index (κ3) is 1.81. The molecule has 1 heterocycles. The van der Waals surface area contributed by atoms with Crippen LogP contribution >= 0.6 is 11.8 Å². The molecule has 0 bridgehead atoms. The van der Waals surface area contributed by atoms with E-state index in [1.54, 1.807) is 5.56 Å². The van der Waals surface area contributed by atoms with E-state index < -0.39 is 0 Å². The first-order valence-corrected chi connectivity index (χ1v) is 6.61. The Balaban J connectivity index is 1.92. The molecule has 1 aromatic rings. The van der Waals surface area contributed by atoms with E-state index in [1.165, 1.54) is 29.7 Å². The van der Waals surface area contributed by atoms with E-state index >= 15 is 0 Å². The van der Waals surface area contributed by atoms with Gasteiger partial charge >= 0.3 is 0 Å². The van der Waals surface area contributed by atoms with Gasteiger partial charge in [-0.3, -0.25) is 0 Å². The van der Waals surface area contributed by atoms with Gasteiger partial charge in [-0.1, -0.05) is 19.1 Å². The van der Waals surface area contributed by atoms with Gasteiger partial charge in [-0.15, -0.1) is 11.8 Å². The van der Waals surface area contributed by atoms with Gasteiger partial charge < -0.3 is 5.73 Å². The standard InChI is InChI=1S/C13H17NS/c1-9-7-11-10(8-13(14)5-6-13)3-2-4-12(11)15-9/h2-4,9H,5-8,14H2,1H3. The van der Waals surface area contributed by atoms with Gasteiger partial charge in [0.05, 0.1) is 0 Å². The summed E-state index contributed by atoms with van der Waals surface area (Å²) >= 11 is 2.01. The highest BCUT2D eigenvalue weighted by molar-refractivity contribution is 8.00. The number of thioether (sulfide) groups is 1. The lowest BCUT2D eigenvalue weighted by molar-refractivity contribution is 0.665. The summed E-state index contributed by atoms with van der Waals surface area (Å²) in [5.41, 5.74) is 9.42. The zero-order valence-corrected chi connectivity index (χ0v) is 9.94. The summed E-state index contributed by atoms with van der Waals surface area (Å²) in [7, 11) is 0. The number of rotatable bonds is 2. The molecule has 1 saturated carbocycles. The fraction of sp³-hybridized carbons (Fsp3) is 0.538. The molecule has 15 heavy (non-hydrogen) atoms. The van der Waals surface area contributed by atoms with Crippen LogP contribution in [0.15, 0.2) is 23.1 Å². The second-order valence-electron chi connectivity index (χ2n) is 5.07. The molecule has 2 N–H and O–H groups in total. The Morgan fingerprint density at radius 3 is 3.00 bits per heavy atom. The molecule has 0 spiro atoms. The average molecular weight is 219 g/mol. The van der Waals surface area contributed by atoms with Gasteiger partial charge in [-0.2, -0.15) is 0 Å². The molecule has 0 amide bonds. The third-order valence-electron chi connectivity index (χ3n) is 3.48. The molecule has 1 atom stereocenters. The Morgan fingerprint density at radius 2 is 2.27 bits per heavy atom. The Labute approximate surface area is 95.4 Å². The number of hydrogen-bond acceptors (Lipinski definition) is 2. The first kappa shape index (κ1) is 9.73. The van der Waals surface area contributed by atoms with E-state index in [0.717, 1.165) is 11.7 Å². The molecule has 1 nitrogen and oxygen atoms in total. The number of benzene rings is 1. The molecule has 2 aliphatic rings. The summed E-state index contributed by atoms with van der Waals surface area (Å²) in [5, 5.41) is 0.745. The highest BCUT2D eigenvalue weighted by Gasteiger charge is 2.39. The van der Waals surface area contributed by atoms with Gasteiger partial charge in [-0.05, 0) is 42.9 Å². The maximum absolute atomic E-state index is 6.20. The van der Waals surface area contributed by atoms with Crippen molar-refractivity contribution >= 4 is 11.8 Å². The van der Waals surface area contributed by atoms with Crippen LogP contribution < -0.4 is 5.73 Å². The van der Waals surface area contributed by atoms with Crippen molar-refractivity contribution < 1.29 is 0 Å². The van der Waals surface area contributed by atoms with Crippen LogP contribution in [0.2, 0.25) is 0 Å². The van der Waals surface area contributed by atoms with Gasteiger partial charge in [0.1, 0.15) is 0 Å². The molecule has 0 radical (unpaired) electrons. The van der Waals surface area contributed by atoms with Crippen LogP contribution in [0.4, 0.5) is 0 Å². The molecule has 1 aliphatic heterocycles. The lowest BCUT2D eigenvalue weighted by Crippen LogP contribution is -2.25. The fourth-order valence-electron chi connectivity index (χ4n) is 2.38. The van der Waals surface area contributed by atoms with Crippen LogP contribution in [0.1, 0.15) is 30.9 Å². The number of hydrogen-bond donors (Lipinski definition) is 1. The van der Waals surface area contributed by atoms with Crippen molar-refractivity contribution in [2.24, 2.45) is 5.73 Å². The topological polar surface area (TPSA) is 26.0 Å². The van der Waals surface area contributed by atoms with Crippen LogP contribution in [-0.2, 0) is 12.8 Å². The van der Waals surface area contributed by atoms with Crippen LogP contribution in [0.25, 0.3) is 0 Å². The Morgan fingerprint density at radius 1 is 1.47 bits per heavy atom. The minimum absolute atomic E-state index is 0.144. The normalized spacial score (nSPS) is 26.4. The van der Waals surface area contributed by atoms with E-state index in [-0.39, 0.29) is 5.54 Å². The van der Waals surface area contributed by atoms with Gasteiger partial charge in [0.2, 0.25) is 0 Å². The lowest BCUT2D eigenvalue weighted by atomic mass is 9.97. The molecule has 1 fully saturated rings. The van der Waals surface area contributed by atoms with Crippen LogP contribution in [-0.4, -0.2) is 10.8 Å². The Kier molecular flexibility index (Phi) is 2.12. The lowest BCUT2D eigenvalue weighted by Gasteiger charge is -2.12. The highest BCUT2D eigenvalue weighted by Crippen LogP contribution is 2.42. The zero-order chi connectivity index (χ0) is 10.5. The van der Waals surface area contributed by atoms with E-state index in [9.17, 15) is 0 Å². The van der Waals surface area contributed by atoms with Crippen molar-refractivity contribution in [2.75, 3.05) is 0 Å². The maximum atomic E-state index is 6.20. The maximum Gasteiger partial charge on any atom is 0.0196 e. The second kappa shape index (κ2) is 3.26. The monoisotopic (exact) mass is 219 g/mol. The Hall–Kier alpha value is -0.470. The van der Waals surface area contributed by atoms with Crippen molar-refractivity contribution in [3.63, 3.8) is 0 Å². The smallest absolute Gasteiger partial charge is 0.0196 e. The summed E-state index contributed by atoms with van der Waals surface area (Å²) in [4.78, 5) is 1.49. The van der Waals surface area contributed by atoms with Crippen LogP contribution in [0.5, 0.6) is 0 Å². The van der Waals surface area contributed by atoms with Crippen LogP contribution in [0, 0.1) is 0 Å². The molecule has 1 aromatic carbocycles. The summed E-state index contributed by atoms with van der Waals surface area (Å²) in [5.74, 6) is 0. The first-order chi connectivity index (χ1) is 7.16. The Bertz CT molecular complexity index is 396. The minimum atomic E-state index is 0.144. The van der Waals surface area contributed by atoms with Crippen molar-refractivity contribution in [2.45, 2.75) is 48.3 Å². The van der Waals surface area contributed by atoms with E-state index in [4.69, 9.17) is 5.73 Å². The molecule has 0 aromatic heterocycles. The average Bonchev–Trinajstić information content (AvgIpc) is 2.76. The quantitative estimate of drug-likeness (QED) is 0.827. The summed E-state index contributed by atoms with van der Waals surface area (Å²) in [6.45, 7) is 2.31. The molecular weight excluding hydrogens is 202 g/mol. The van der Waals surface area contributed by atoms with Crippen LogP contribution in [0.3, 0.4) is 0 Å². The third-order valence-corrected chi connectivity index (χ3v) is 4.69. The number of fused-ring (bicyclic) bond motifs is 1. The van der Waals surface area contributed by atoms with Gasteiger partial charge in [0, 0.05) is 15.7 Å². The van der Waals surface area contributed by atoms with Gasteiger partial charge in [-0.25, -0.2) is 0 Å². The van der Waals surface area contributed by atoms with Gasteiger partial charge in [0.15, 0.2) is 0 Å². The van der Waals surface area contributed by atoms with Crippen molar-refractivity contribution in [3.8, 4) is 0 Å². The van der Waals surface area contributed by atoms with E-state index in [1.807, 2.05) is 11.8 Å². The molecule has 2 heteroatoms. The number of nitrogens with two attached hydrogens (primary N) is 1. The summed E-state index contributed by atoms with van der Waals surface area (Å²) in [6.07, 6.45) is 4.73. The molecule has 1 unspecified atom stereocenters. The molecular formula is C13H17NS. The molecule has 1 aliphatic carbocycles. The van der Waals surface area contributed by atoms with Gasteiger partial charge in [0.25, 0.3) is 0 Å². The predicted molar refractivity (Wildman–Crippen MR) is 65.3 cm³/mol. The first-order valence-electron chi connectivity index (χ1n) is 5.73. The van der Waals surface area contributed by atoms with E-state index in [2.05, 4.69) is 25.1 Å². The molecule has 3 rings (SSSR count). The summed E-state index contributed by atoms with van der Waals surface area (Å²) < 4.78 is 0. The fourth-order valence-corrected chi connectivity index (χ4v) is 3.58. The van der Waals surface area contributed by atoms with Crippen molar-refractivity contribution in [1.29, 1.82) is 0 Å². The highest BCUT2D eigenvalue weighted by atomic mass is 32.2. The van der Waals surface area contributed by atoms with Crippen molar-refractivity contribution in [3.05, 3.63) is 29.3 Å². The SMILES string of the molecule is CC1Cc2c(CC3(N)CC3)cccc2S1. The largest absolute Gasteiger partial charge is 0.325 e. The minimum Gasteiger partial charge on any atom is -0.325 e. The zero-order valence-electron chi connectivity index (χ0n) is 9.12. The molecule has 80 valence electrons. The van der Waals surface area contributed by atoms with E-state index in [0.29, 0.717) is 0 Å². The predicted octanol–water partition coefficient (Wildman–Crippen LogP) is 2.76.